The van der Waals surface area contributed by atoms with Gasteiger partial charge < -0.3 is 20.4 Å². The minimum Gasteiger partial charge on any atom is -0.494 e. The van der Waals surface area contributed by atoms with Gasteiger partial charge in [-0.15, -0.1) is 0 Å². The van der Waals surface area contributed by atoms with Gasteiger partial charge in [-0.05, 0) is 76.3 Å². The van der Waals surface area contributed by atoms with Gasteiger partial charge >= 0.3 is 0 Å². The number of unbranched alkanes of at least 4 members (excludes halogenated alkanes) is 1. The smallest absolute Gasteiger partial charge is 0.255 e. The van der Waals surface area contributed by atoms with E-state index in [1.807, 2.05) is 38.9 Å². The molecule has 1 amide bonds. The number of halogens is 1. The molecule has 0 spiro atoms. The second-order valence-corrected chi connectivity index (χ2v) is 7.82. The minimum absolute atomic E-state index is 0.133. The van der Waals surface area contributed by atoms with Crippen molar-refractivity contribution < 1.29 is 13.9 Å². The van der Waals surface area contributed by atoms with Gasteiger partial charge in [0.05, 0.1) is 6.61 Å². The van der Waals surface area contributed by atoms with Gasteiger partial charge in [-0.2, -0.15) is 0 Å². The molecule has 0 aliphatic carbocycles. The molecule has 1 unspecified atom stereocenters. The highest BCUT2D eigenvalue weighted by Crippen LogP contribution is 2.21. The van der Waals surface area contributed by atoms with Crippen molar-refractivity contribution in [2.75, 3.05) is 26.0 Å². The van der Waals surface area contributed by atoms with Crippen LogP contribution in [0.25, 0.3) is 0 Å². The molecule has 0 radical (unpaired) electrons. The van der Waals surface area contributed by atoms with Crippen molar-refractivity contribution >= 4 is 17.3 Å². The molecule has 0 fully saturated rings. The zero-order valence-electron chi connectivity index (χ0n) is 18.5. The van der Waals surface area contributed by atoms with E-state index in [9.17, 15) is 9.18 Å². The monoisotopic (exact) mass is 413 g/mol. The molecule has 2 N–H and O–H groups in total. The molecule has 2 aromatic carbocycles. The van der Waals surface area contributed by atoms with E-state index < -0.39 is 5.82 Å². The molecule has 1 atom stereocenters. The molecule has 0 saturated carbocycles. The molecule has 162 valence electrons. The van der Waals surface area contributed by atoms with E-state index in [2.05, 4.69) is 12.2 Å². The number of aryl methyl sites for hydroxylation is 1. The third-order valence-corrected chi connectivity index (χ3v) is 5.14. The van der Waals surface area contributed by atoms with Gasteiger partial charge in [0.1, 0.15) is 11.6 Å². The Morgan fingerprint density at radius 1 is 1.20 bits per heavy atom. The zero-order valence-corrected chi connectivity index (χ0v) is 18.5. The third-order valence-electron chi connectivity index (χ3n) is 5.14. The summed E-state index contributed by atoms with van der Waals surface area (Å²) < 4.78 is 20.2. The number of rotatable bonds is 10. The first kappa shape index (κ1) is 23.5. The van der Waals surface area contributed by atoms with Crippen molar-refractivity contribution in [3.05, 3.63) is 58.9 Å². The summed E-state index contributed by atoms with van der Waals surface area (Å²) in [4.78, 5) is 14.6. The molecule has 0 aliphatic rings. The van der Waals surface area contributed by atoms with Gasteiger partial charge in [-0.3, -0.25) is 4.79 Å². The van der Waals surface area contributed by atoms with E-state index in [4.69, 9.17) is 10.1 Å². The molecular formula is C24H32FN3O2. The Hall–Kier alpha value is -2.73. The molecule has 2 rings (SSSR count). The quantitative estimate of drug-likeness (QED) is 0.412. The Kier molecular flexibility index (Phi) is 8.54. The minimum atomic E-state index is -0.514. The summed E-state index contributed by atoms with van der Waals surface area (Å²) in [5.41, 5.74) is 2.15. The Balaban J connectivity index is 2.07. The number of amides is 1. The van der Waals surface area contributed by atoms with Crippen LogP contribution in [0.2, 0.25) is 0 Å². The number of carbonyl (C=O) groups excluding carboxylic acids is 1. The van der Waals surface area contributed by atoms with Gasteiger partial charge in [-0.1, -0.05) is 13.3 Å². The fraction of sp³-hybridized carbons (Fsp3) is 0.417. The van der Waals surface area contributed by atoms with Crippen molar-refractivity contribution in [2.24, 2.45) is 0 Å². The second-order valence-electron chi connectivity index (χ2n) is 7.82. The van der Waals surface area contributed by atoms with Crippen LogP contribution in [-0.2, 0) is 0 Å². The molecule has 0 aromatic heterocycles. The van der Waals surface area contributed by atoms with Crippen molar-refractivity contribution in [1.82, 2.24) is 4.90 Å². The zero-order chi connectivity index (χ0) is 22.3. The standard InChI is InChI=1S/C24H32FN3O2/c1-6-7-12-30-19-9-11-20(16(2)13-19)24(29)27-18-8-10-21(22(25)15-18)23(26)14-17(3)28(4)5/h8-11,13,15,17,26H,6-7,12,14H2,1-5H3,(H,27,29). The van der Waals surface area contributed by atoms with E-state index in [1.54, 1.807) is 24.3 Å². The van der Waals surface area contributed by atoms with Crippen LogP contribution >= 0.6 is 0 Å². The molecule has 2 aromatic rings. The molecule has 0 saturated heterocycles. The summed E-state index contributed by atoms with van der Waals surface area (Å²) in [7, 11) is 3.86. The van der Waals surface area contributed by atoms with Crippen LogP contribution in [0.1, 0.15) is 54.6 Å². The van der Waals surface area contributed by atoms with Crippen molar-refractivity contribution in [3.63, 3.8) is 0 Å². The fourth-order valence-electron chi connectivity index (χ4n) is 2.94. The molecule has 5 nitrogen and oxygen atoms in total. The van der Waals surface area contributed by atoms with Gasteiger partial charge in [0.2, 0.25) is 0 Å². The maximum absolute atomic E-state index is 14.6. The average molecular weight is 414 g/mol. The Labute approximate surface area is 178 Å². The Morgan fingerprint density at radius 2 is 1.90 bits per heavy atom. The van der Waals surface area contributed by atoms with Crippen LogP contribution < -0.4 is 10.1 Å². The first-order valence-corrected chi connectivity index (χ1v) is 10.3. The van der Waals surface area contributed by atoms with Crippen LogP contribution in [0.3, 0.4) is 0 Å². The van der Waals surface area contributed by atoms with E-state index in [-0.39, 0.29) is 23.2 Å². The number of benzene rings is 2. The lowest BCUT2D eigenvalue weighted by Crippen LogP contribution is -2.27. The Morgan fingerprint density at radius 3 is 2.50 bits per heavy atom. The molecule has 30 heavy (non-hydrogen) atoms. The molecular weight excluding hydrogens is 381 g/mol. The highest BCUT2D eigenvalue weighted by Gasteiger charge is 2.15. The second kappa shape index (κ2) is 10.9. The summed E-state index contributed by atoms with van der Waals surface area (Å²) in [6.07, 6.45) is 2.48. The summed E-state index contributed by atoms with van der Waals surface area (Å²) in [5.74, 6) is -0.0884. The van der Waals surface area contributed by atoms with Crippen LogP contribution in [0.15, 0.2) is 36.4 Å². The number of ether oxygens (including phenoxy) is 1. The van der Waals surface area contributed by atoms with E-state index in [1.165, 1.54) is 6.07 Å². The van der Waals surface area contributed by atoms with Gasteiger partial charge in [0.15, 0.2) is 0 Å². The largest absolute Gasteiger partial charge is 0.494 e. The first-order valence-electron chi connectivity index (χ1n) is 10.3. The highest BCUT2D eigenvalue weighted by molar-refractivity contribution is 6.06. The number of hydrogen-bond donors (Lipinski definition) is 2. The van der Waals surface area contributed by atoms with E-state index in [0.29, 0.717) is 24.3 Å². The van der Waals surface area contributed by atoms with Crippen molar-refractivity contribution in [1.29, 1.82) is 5.41 Å². The number of nitrogens with one attached hydrogen (secondary N) is 2. The summed E-state index contributed by atoms with van der Waals surface area (Å²) in [5, 5.41) is 10.9. The molecule has 0 aliphatic heterocycles. The van der Waals surface area contributed by atoms with Crippen molar-refractivity contribution in [2.45, 2.75) is 46.1 Å². The topological polar surface area (TPSA) is 65.4 Å². The van der Waals surface area contributed by atoms with Crippen LogP contribution in [-0.4, -0.2) is 43.3 Å². The van der Waals surface area contributed by atoms with Crippen LogP contribution in [0.5, 0.6) is 5.75 Å². The first-order chi connectivity index (χ1) is 14.2. The van der Waals surface area contributed by atoms with E-state index in [0.717, 1.165) is 24.2 Å². The molecule has 0 bridgehead atoms. The van der Waals surface area contributed by atoms with E-state index >= 15 is 0 Å². The molecule has 0 heterocycles. The van der Waals surface area contributed by atoms with Crippen LogP contribution in [0.4, 0.5) is 10.1 Å². The van der Waals surface area contributed by atoms with Gasteiger partial charge in [-0.25, -0.2) is 4.39 Å². The predicted molar refractivity (Wildman–Crippen MR) is 121 cm³/mol. The SMILES string of the molecule is CCCCOc1ccc(C(=O)Nc2ccc(C(=N)CC(C)N(C)C)c(F)c2)c(C)c1. The third kappa shape index (κ3) is 6.39. The lowest BCUT2D eigenvalue weighted by Gasteiger charge is -2.20. The summed E-state index contributed by atoms with van der Waals surface area (Å²) >= 11 is 0. The van der Waals surface area contributed by atoms with Gasteiger partial charge in [0.25, 0.3) is 5.91 Å². The lowest BCUT2D eigenvalue weighted by molar-refractivity contribution is 0.102. The Bertz CT molecular complexity index is 896. The van der Waals surface area contributed by atoms with Gasteiger partial charge in [0, 0.05) is 35.0 Å². The summed E-state index contributed by atoms with van der Waals surface area (Å²) in [6, 6.07) is 9.90. The van der Waals surface area contributed by atoms with Crippen LogP contribution in [0, 0.1) is 18.2 Å². The molecule has 6 heteroatoms. The predicted octanol–water partition coefficient (Wildman–Crippen LogP) is 5.27. The van der Waals surface area contributed by atoms with Crippen molar-refractivity contribution in [3.8, 4) is 5.75 Å². The average Bonchev–Trinajstić information content (AvgIpc) is 2.68. The maximum Gasteiger partial charge on any atom is 0.255 e. The fourth-order valence-corrected chi connectivity index (χ4v) is 2.94. The number of hydrogen-bond acceptors (Lipinski definition) is 4. The number of carbonyl (C=O) groups is 1. The summed E-state index contributed by atoms with van der Waals surface area (Å²) in [6.45, 7) is 6.59. The number of nitrogens with zero attached hydrogens (tertiary/aromatic N) is 1. The normalized spacial score (nSPS) is 12.0. The maximum atomic E-state index is 14.6. The lowest BCUT2D eigenvalue weighted by atomic mass is 10.0. The highest BCUT2D eigenvalue weighted by atomic mass is 19.1. The number of anilines is 1.